The Kier molecular flexibility index (Phi) is 9.93. The van der Waals surface area contributed by atoms with E-state index in [4.69, 9.17) is 30.5 Å². The number of fused-ring (bicyclic) bond motifs is 4. The number of nitrogens with zero attached hydrogens (tertiary/aromatic N) is 3. The van der Waals surface area contributed by atoms with E-state index in [1.54, 1.807) is 23.1 Å². The van der Waals surface area contributed by atoms with Gasteiger partial charge in [-0.15, -0.1) is 0 Å². The maximum absolute atomic E-state index is 13.7. The Morgan fingerprint density at radius 1 is 1.06 bits per heavy atom. The van der Waals surface area contributed by atoms with E-state index in [0.29, 0.717) is 55.3 Å². The van der Waals surface area contributed by atoms with Crippen LogP contribution in [-0.4, -0.2) is 114 Å². The van der Waals surface area contributed by atoms with E-state index in [-0.39, 0.29) is 34.8 Å². The number of benzene rings is 2. The molecule has 8 rings (SSSR count). The molecule has 4 atom stereocenters. The highest BCUT2D eigenvalue weighted by molar-refractivity contribution is 7.90. The molecular formula is C39H49ClN4O8S. The number of amides is 2. The number of aryl methyl sites for hydroxylation is 1. The van der Waals surface area contributed by atoms with Gasteiger partial charge in [0, 0.05) is 55.6 Å². The Morgan fingerprint density at radius 2 is 1.87 bits per heavy atom. The molecule has 1 N–H and O–H groups in total. The number of halogens is 1. The number of piperazine rings is 1. The minimum atomic E-state index is -4.25. The lowest BCUT2D eigenvalue weighted by atomic mass is 9.68. The first-order valence-corrected chi connectivity index (χ1v) is 20.7. The second kappa shape index (κ2) is 14.4. The first-order valence-electron chi connectivity index (χ1n) is 18.9. The number of carbonyl (C=O) groups is 2. The van der Waals surface area contributed by atoms with E-state index in [1.807, 2.05) is 12.1 Å². The van der Waals surface area contributed by atoms with Gasteiger partial charge in [0.05, 0.1) is 43.1 Å². The molecule has 2 aromatic carbocycles. The van der Waals surface area contributed by atoms with Crippen molar-refractivity contribution in [3.8, 4) is 5.75 Å². The number of ether oxygens (including phenoxy) is 4. The van der Waals surface area contributed by atoms with E-state index in [0.717, 1.165) is 58.4 Å². The summed E-state index contributed by atoms with van der Waals surface area (Å²) in [5.74, 6) is -0.0216. The van der Waals surface area contributed by atoms with Gasteiger partial charge in [0.15, 0.2) is 0 Å². The highest BCUT2D eigenvalue weighted by atomic mass is 35.5. The SMILES string of the molecule is CC1(C)OC/C=C\[C@H](OC(=O)N2CCN(C3COC3)CC2)[C@@H]2CC[C@H]2CN2C[C@@]3(CCCc4cc(Cl)ccc43)COc3ccc(cc32)S(=O)(=O)NC1=O. The lowest BCUT2D eigenvalue weighted by molar-refractivity contribution is -0.139. The van der Waals surface area contributed by atoms with Crippen molar-refractivity contribution in [3.05, 3.63) is 64.7 Å². The van der Waals surface area contributed by atoms with Crippen molar-refractivity contribution in [2.75, 3.05) is 70.6 Å². The molecule has 2 saturated heterocycles. The maximum Gasteiger partial charge on any atom is 0.410 e. The monoisotopic (exact) mass is 768 g/mol. The number of rotatable bonds is 2. The van der Waals surface area contributed by atoms with Crippen LogP contribution in [0, 0.1) is 11.8 Å². The fraction of sp³-hybridized carbons (Fsp3) is 0.590. The highest BCUT2D eigenvalue weighted by Gasteiger charge is 2.46. The molecule has 2 amide bonds. The summed E-state index contributed by atoms with van der Waals surface area (Å²) in [5.41, 5.74) is 1.26. The van der Waals surface area contributed by atoms with Crippen molar-refractivity contribution in [1.29, 1.82) is 0 Å². The minimum Gasteiger partial charge on any atom is -0.490 e. The smallest absolute Gasteiger partial charge is 0.410 e. The molecule has 0 aromatic heterocycles. The van der Waals surface area contributed by atoms with E-state index in [1.165, 1.54) is 31.0 Å². The molecule has 2 bridgehead atoms. The van der Waals surface area contributed by atoms with Crippen molar-refractivity contribution >= 4 is 39.3 Å². The maximum atomic E-state index is 13.7. The van der Waals surface area contributed by atoms with Crippen LogP contribution in [0.3, 0.4) is 0 Å². The molecular weight excluding hydrogens is 720 g/mol. The van der Waals surface area contributed by atoms with Crippen molar-refractivity contribution in [3.63, 3.8) is 0 Å². The van der Waals surface area contributed by atoms with Gasteiger partial charge in [-0.3, -0.25) is 9.69 Å². The van der Waals surface area contributed by atoms with Crippen LogP contribution in [0.15, 0.2) is 53.4 Å². The van der Waals surface area contributed by atoms with Gasteiger partial charge in [-0.05, 0) is 99.4 Å². The van der Waals surface area contributed by atoms with Gasteiger partial charge in [-0.1, -0.05) is 23.7 Å². The predicted molar refractivity (Wildman–Crippen MR) is 199 cm³/mol. The summed E-state index contributed by atoms with van der Waals surface area (Å²) in [7, 11) is -4.25. The van der Waals surface area contributed by atoms with Crippen LogP contribution in [-0.2, 0) is 40.9 Å². The summed E-state index contributed by atoms with van der Waals surface area (Å²) in [5, 5.41) is 0.704. The third-order valence-electron chi connectivity index (χ3n) is 12.3. The summed E-state index contributed by atoms with van der Waals surface area (Å²) < 4.78 is 53.8. The average Bonchev–Trinajstić information content (AvgIpc) is 3.24. The molecule has 0 unspecified atom stereocenters. The Balaban J connectivity index is 1.12. The second-order valence-electron chi connectivity index (χ2n) is 16.0. The third-order valence-corrected chi connectivity index (χ3v) is 13.8. The van der Waals surface area contributed by atoms with Gasteiger partial charge in [0.1, 0.15) is 17.5 Å². The summed E-state index contributed by atoms with van der Waals surface area (Å²) >= 11 is 6.46. The first-order chi connectivity index (χ1) is 25.4. The van der Waals surface area contributed by atoms with E-state index in [2.05, 4.69) is 26.7 Å². The molecule has 12 nitrogen and oxygen atoms in total. The first kappa shape index (κ1) is 36.6. The van der Waals surface area contributed by atoms with Crippen LogP contribution in [0.4, 0.5) is 10.5 Å². The predicted octanol–water partition coefficient (Wildman–Crippen LogP) is 4.53. The van der Waals surface area contributed by atoms with Crippen LogP contribution >= 0.6 is 11.6 Å². The number of carbonyl (C=O) groups excluding carboxylic acids is 2. The largest absolute Gasteiger partial charge is 0.490 e. The molecule has 4 heterocycles. The molecule has 0 radical (unpaired) electrons. The van der Waals surface area contributed by atoms with Crippen molar-refractivity contribution in [2.24, 2.45) is 11.8 Å². The molecule has 1 spiro atoms. The van der Waals surface area contributed by atoms with Crippen LogP contribution in [0.25, 0.3) is 0 Å². The van der Waals surface area contributed by atoms with Gasteiger partial charge in [-0.2, -0.15) is 0 Å². The Morgan fingerprint density at radius 3 is 2.60 bits per heavy atom. The van der Waals surface area contributed by atoms with Crippen LogP contribution in [0.2, 0.25) is 5.02 Å². The molecule has 2 aliphatic carbocycles. The molecule has 4 aliphatic heterocycles. The summed E-state index contributed by atoms with van der Waals surface area (Å²) in [6, 6.07) is 11.3. The van der Waals surface area contributed by atoms with E-state index < -0.39 is 27.6 Å². The van der Waals surface area contributed by atoms with E-state index >= 15 is 0 Å². The number of hydrogen-bond acceptors (Lipinski definition) is 10. The third kappa shape index (κ3) is 7.27. The second-order valence-corrected chi connectivity index (χ2v) is 18.1. The van der Waals surface area contributed by atoms with Crippen LogP contribution in [0.1, 0.15) is 50.7 Å². The van der Waals surface area contributed by atoms with Gasteiger partial charge in [0.25, 0.3) is 15.9 Å². The summed E-state index contributed by atoms with van der Waals surface area (Å²) in [4.78, 5) is 33.5. The van der Waals surface area contributed by atoms with Gasteiger partial charge >= 0.3 is 6.09 Å². The van der Waals surface area contributed by atoms with Crippen LogP contribution < -0.4 is 14.4 Å². The van der Waals surface area contributed by atoms with Gasteiger partial charge in [0.2, 0.25) is 0 Å². The van der Waals surface area contributed by atoms with Crippen LogP contribution in [0.5, 0.6) is 5.75 Å². The molecule has 14 heteroatoms. The molecule has 3 fully saturated rings. The summed E-state index contributed by atoms with van der Waals surface area (Å²) in [6.45, 7) is 8.97. The lowest BCUT2D eigenvalue weighted by Crippen LogP contribution is -2.57. The lowest BCUT2D eigenvalue weighted by Gasteiger charge is -2.46. The number of hydrogen-bond donors (Lipinski definition) is 1. The normalized spacial score (nSPS) is 30.7. The standard InChI is InChI=1S/C39H49ClN4O8S/c1-38(2)36(45)41-53(47,48)30-9-12-35-33(20-30)44(24-39(25-50-35)13-3-5-26-19-28(40)8-11-32(26)39)21-27-7-10-31(27)34(6-4-18-51-38)52-37(46)43-16-14-42(15-17-43)29-22-49-23-29/h4,6,8-9,11-12,19-20,27,29,31,34H,3,5,7,10,13-18,21-25H2,1-2H3,(H,41,45)/b6-4-/t27-,31+,34-,39-/m0/s1. The molecule has 1 saturated carbocycles. The molecule has 53 heavy (non-hydrogen) atoms. The minimum absolute atomic E-state index is 0.0285. The molecule has 6 aliphatic rings. The zero-order valence-corrected chi connectivity index (χ0v) is 32.0. The zero-order chi connectivity index (χ0) is 37.0. The Bertz CT molecular complexity index is 1880. The quantitative estimate of drug-likeness (QED) is 0.436. The molecule has 286 valence electrons. The fourth-order valence-corrected chi connectivity index (χ4v) is 10.1. The van der Waals surface area contributed by atoms with Gasteiger partial charge < -0.3 is 28.7 Å². The van der Waals surface area contributed by atoms with Crippen molar-refractivity contribution < 1.29 is 37.0 Å². The van der Waals surface area contributed by atoms with Crippen molar-refractivity contribution in [1.82, 2.24) is 14.5 Å². The zero-order valence-electron chi connectivity index (χ0n) is 30.4. The number of anilines is 1. The average molecular weight is 769 g/mol. The summed E-state index contributed by atoms with van der Waals surface area (Å²) in [6.07, 6.45) is 7.43. The highest BCUT2D eigenvalue weighted by Crippen LogP contribution is 2.47. The topological polar surface area (TPSA) is 127 Å². The number of nitrogens with one attached hydrogen (secondary N) is 1. The van der Waals surface area contributed by atoms with Gasteiger partial charge in [-0.25, -0.2) is 17.9 Å². The molecule has 2 aromatic rings. The Hall–Kier alpha value is -3.36. The fourth-order valence-electron chi connectivity index (χ4n) is 8.78. The van der Waals surface area contributed by atoms with Crippen molar-refractivity contribution in [2.45, 2.75) is 74.0 Å². The Labute approximate surface area is 316 Å². The van der Waals surface area contributed by atoms with E-state index in [9.17, 15) is 18.0 Å². The number of sulfonamides is 1.